The molecule has 0 fully saturated rings. The van der Waals surface area contributed by atoms with Gasteiger partial charge in [0.1, 0.15) is 0 Å². The van der Waals surface area contributed by atoms with Crippen LogP contribution < -0.4 is 10.5 Å². The molecule has 98 valence electrons. The molecule has 0 aliphatic carbocycles. The molecule has 0 radical (unpaired) electrons. The van der Waals surface area contributed by atoms with E-state index in [1.54, 1.807) is 6.92 Å². The van der Waals surface area contributed by atoms with Gasteiger partial charge in [-0.1, -0.05) is 24.2 Å². The summed E-state index contributed by atoms with van der Waals surface area (Å²) in [6.45, 7) is 4.97. The fourth-order valence-electron chi connectivity index (χ4n) is 1.29. The van der Waals surface area contributed by atoms with E-state index in [4.69, 9.17) is 17.3 Å². The SMILES string of the molecule is C=C(Cl)CNS(=O)(=O)c1ccc(C)c(C(N)=O)c1. The van der Waals surface area contributed by atoms with Gasteiger partial charge in [-0.05, 0) is 24.6 Å². The highest BCUT2D eigenvalue weighted by atomic mass is 35.5. The Bertz CT molecular complexity index is 596. The first kappa shape index (κ1) is 14.7. The van der Waals surface area contributed by atoms with Gasteiger partial charge in [-0.25, -0.2) is 13.1 Å². The lowest BCUT2D eigenvalue weighted by Gasteiger charge is -2.08. The van der Waals surface area contributed by atoms with Crippen LogP contribution in [0.25, 0.3) is 0 Å². The number of aryl methyl sites for hydroxylation is 1. The lowest BCUT2D eigenvalue weighted by atomic mass is 10.1. The van der Waals surface area contributed by atoms with Gasteiger partial charge in [0.2, 0.25) is 15.9 Å². The van der Waals surface area contributed by atoms with Crippen LogP contribution in [0.15, 0.2) is 34.7 Å². The maximum atomic E-state index is 11.9. The molecule has 0 bridgehead atoms. The zero-order valence-electron chi connectivity index (χ0n) is 9.73. The summed E-state index contributed by atoms with van der Waals surface area (Å²) >= 11 is 5.48. The van der Waals surface area contributed by atoms with Crippen molar-refractivity contribution in [2.75, 3.05) is 6.54 Å². The second kappa shape index (κ2) is 5.51. The summed E-state index contributed by atoms with van der Waals surface area (Å²) in [6, 6.07) is 4.14. The molecule has 0 aromatic heterocycles. The standard InChI is InChI=1S/C11H13ClN2O3S/c1-7-3-4-9(5-10(7)11(13)15)18(16,17)14-6-8(2)12/h3-5,14H,2,6H2,1H3,(H2,13,15). The summed E-state index contributed by atoms with van der Waals surface area (Å²) in [5, 5.41) is 0.167. The highest BCUT2D eigenvalue weighted by molar-refractivity contribution is 7.89. The highest BCUT2D eigenvalue weighted by Gasteiger charge is 2.16. The van der Waals surface area contributed by atoms with E-state index in [1.807, 2.05) is 0 Å². The molecule has 3 N–H and O–H groups in total. The molecule has 0 saturated heterocycles. The molecule has 0 aliphatic heterocycles. The Morgan fingerprint density at radius 3 is 2.61 bits per heavy atom. The third-order valence-corrected chi connectivity index (χ3v) is 3.77. The van der Waals surface area contributed by atoms with Gasteiger partial charge in [0.15, 0.2) is 0 Å². The predicted molar refractivity (Wildman–Crippen MR) is 69.9 cm³/mol. The highest BCUT2D eigenvalue weighted by Crippen LogP contribution is 2.15. The van der Waals surface area contributed by atoms with E-state index in [0.29, 0.717) is 5.56 Å². The van der Waals surface area contributed by atoms with Gasteiger partial charge in [-0.2, -0.15) is 0 Å². The van der Waals surface area contributed by atoms with E-state index in [-0.39, 0.29) is 22.0 Å². The van der Waals surface area contributed by atoms with Crippen LogP contribution in [-0.4, -0.2) is 20.9 Å². The molecule has 1 aromatic rings. The number of nitrogens with two attached hydrogens (primary N) is 1. The summed E-state index contributed by atoms with van der Waals surface area (Å²) in [7, 11) is -3.73. The van der Waals surface area contributed by atoms with Crippen molar-refractivity contribution in [1.29, 1.82) is 0 Å². The van der Waals surface area contributed by atoms with Crippen LogP contribution in [0.2, 0.25) is 0 Å². The van der Waals surface area contributed by atoms with Crippen LogP contribution in [0.3, 0.4) is 0 Å². The smallest absolute Gasteiger partial charge is 0.249 e. The van der Waals surface area contributed by atoms with Crippen LogP contribution in [0, 0.1) is 6.92 Å². The first-order valence-corrected chi connectivity index (χ1v) is 6.83. The maximum absolute atomic E-state index is 11.9. The first-order chi connectivity index (χ1) is 8.24. The summed E-state index contributed by atoms with van der Waals surface area (Å²) < 4.78 is 26.0. The largest absolute Gasteiger partial charge is 0.366 e. The Balaban J connectivity index is 3.14. The van der Waals surface area contributed by atoms with Crippen molar-refractivity contribution in [2.45, 2.75) is 11.8 Å². The fraction of sp³-hybridized carbons (Fsp3) is 0.182. The first-order valence-electron chi connectivity index (χ1n) is 4.97. The lowest BCUT2D eigenvalue weighted by Crippen LogP contribution is -2.25. The number of carbonyl (C=O) groups is 1. The molecule has 0 aliphatic rings. The topological polar surface area (TPSA) is 89.3 Å². The van der Waals surface area contributed by atoms with E-state index in [2.05, 4.69) is 11.3 Å². The van der Waals surface area contributed by atoms with Crippen molar-refractivity contribution in [1.82, 2.24) is 4.72 Å². The minimum atomic E-state index is -3.73. The quantitative estimate of drug-likeness (QED) is 0.851. The van der Waals surface area contributed by atoms with Crippen LogP contribution >= 0.6 is 11.6 Å². The van der Waals surface area contributed by atoms with Gasteiger partial charge in [0.05, 0.1) is 4.90 Å². The molecule has 1 amide bonds. The number of sulfonamides is 1. The Morgan fingerprint density at radius 2 is 2.11 bits per heavy atom. The van der Waals surface area contributed by atoms with E-state index in [9.17, 15) is 13.2 Å². The van der Waals surface area contributed by atoms with Crippen molar-refractivity contribution in [3.05, 3.63) is 40.9 Å². The van der Waals surface area contributed by atoms with Crippen LogP contribution in [0.4, 0.5) is 0 Å². The average Bonchev–Trinajstić information content (AvgIpc) is 2.26. The second-order valence-electron chi connectivity index (χ2n) is 3.68. The van der Waals surface area contributed by atoms with Crippen LogP contribution in [0.1, 0.15) is 15.9 Å². The molecule has 0 saturated carbocycles. The number of hydrogen-bond acceptors (Lipinski definition) is 3. The normalized spacial score (nSPS) is 11.2. The monoisotopic (exact) mass is 288 g/mol. The lowest BCUT2D eigenvalue weighted by molar-refractivity contribution is 0.0999. The van der Waals surface area contributed by atoms with Crippen molar-refractivity contribution >= 4 is 27.5 Å². The van der Waals surface area contributed by atoms with Crippen LogP contribution in [-0.2, 0) is 10.0 Å². The molecule has 18 heavy (non-hydrogen) atoms. The third-order valence-electron chi connectivity index (χ3n) is 2.24. The van der Waals surface area contributed by atoms with E-state index < -0.39 is 15.9 Å². The number of hydrogen-bond donors (Lipinski definition) is 2. The third kappa shape index (κ3) is 3.56. The summed E-state index contributed by atoms with van der Waals surface area (Å²) in [5.74, 6) is -0.675. The van der Waals surface area contributed by atoms with Crippen LogP contribution in [0.5, 0.6) is 0 Å². The molecular formula is C11H13ClN2O3S. The molecule has 0 spiro atoms. The summed E-state index contributed by atoms with van der Waals surface area (Å²) in [6.07, 6.45) is 0. The zero-order valence-corrected chi connectivity index (χ0v) is 11.3. The second-order valence-corrected chi connectivity index (χ2v) is 5.98. The molecule has 0 atom stereocenters. The summed E-state index contributed by atoms with van der Waals surface area (Å²) in [4.78, 5) is 11.1. The number of rotatable bonds is 5. The van der Waals surface area contributed by atoms with Gasteiger partial charge in [0.25, 0.3) is 0 Å². The Morgan fingerprint density at radius 1 is 1.50 bits per heavy atom. The van der Waals surface area contributed by atoms with Crippen molar-refractivity contribution < 1.29 is 13.2 Å². The predicted octanol–water partition coefficient (Wildman–Crippen LogP) is 1.12. The number of primary amides is 1. The van der Waals surface area contributed by atoms with Gasteiger partial charge in [-0.15, -0.1) is 0 Å². The maximum Gasteiger partial charge on any atom is 0.249 e. The number of benzene rings is 1. The molecule has 5 nitrogen and oxygen atoms in total. The van der Waals surface area contributed by atoms with E-state index in [1.165, 1.54) is 18.2 Å². The molecule has 0 heterocycles. The minimum absolute atomic E-state index is 0.0418. The van der Waals surface area contributed by atoms with Gasteiger partial charge >= 0.3 is 0 Å². The molecule has 0 unspecified atom stereocenters. The molecular weight excluding hydrogens is 276 g/mol. The molecule has 1 aromatic carbocycles. The number of nitrogens with one attached hydrogen (secondary N) is 1. The zero-order chi connectivity index (χ0) is 13.9. The van der Waals surface area contributed by atoms with Gasteiger partial charge < -0.3 is 5.73 Å². The average molecular weight is 289 g/mol. The Labute approximate surface area is 111 Å². The minimum Gasteiger partial charge on any atom is -0.366 e. The van der Waals surface area contributed by atoms with E-state index in [0.717, 1.165) is 0 Å². The van der Waals surface area contributed by atoms with Crippen molar-refractivity contribution in [3.8, 4) is 0 Å². The number of amides is 1. The van der Waals surface area contributed by atoms with Gasteiger partial charge in [0, 0.05) is 17.1 Å². The molecule has 7 heteroatoms. The van der Waals surface area contributed by atoms with Crippen molar-refractivity contribution in [3.63, 3.8) is 0 Å². The van der Waals surface area contributed by atoms with E-state index >= 15 is 0 Å². The number of halogens is 1. The Kier molecular flexibility index (Phi) is 4.50. The molecule has 1 rings (SSSR count). The summed E-state index contributed by atoms with van der Waals surface area (Å²) in [5.41, 5.74) is 5.94. The van der Waals surface area contributed by atoms with Gasteiger partial charge in [-0.3, -0.25) is 4.79 Å². The number of carbonyl (C=O) groups excluding carboxylic acids is 1. The van der Waals surface area contributed by atoms with Crippen molar-refractivity contribution in [2.24, 2.45) is 5.73 Å². The fourth-order valence-corrected chi connectivity index (χ4v) is 2.49. The Hall–Kier alpha value is -1.37.